The van der Waals surface area contributed by atoms with Crippen molar-refractivity contribution in [2.45, 2.75) is 13.8 Å². The van der Waals surface area contributed by atoms with Crippen LogP contribution < -0.4 is 11.3 Å². The first-order chi connectivity index (χ1) is 8.54. The van der Waals surface area contributed by atoms with Crippen molar-refractivity contribution in [3.05, 3.63) is 44.8 Å². The summed E-state index contributed by atoms with van der Waals surface area (Å²) < 4.78 is 9.81. The molecule has 0 unspecified atom stereocenters. The molecule has 0 amide bonds. The molecule has 0 spiro atoms. The molecule has 2 aromatic heterocycles. The van der Waals surface area contributed by atoms with Crippen LogP contribution in [0.25, 0.3) is 21.8 Å². The van der Waals surface area contributed by atoms with E-state index in [0.717, 1.165) is 0 Å². The van der Waals surface area contributed by atoms with Crippen molar-refractivity contribution >= 4 is 21.8 Å². The number of aryl methyl sites for hydroxylation is 2. The maximum absolute atomic E-state index is 11.7. The molecule has 3 rings (SSSR count). The van der Waals surface area contributed by atoms with E-state index in [9.17, 15) is 9.59 Å². The van der Waals surface area contributed by atoms with Crippen LogP contribution in [0.2, 0.25) is 0 Å². The van der Waals surface area contributed by atoms with Crippen molar-refractivity contribution in [1.82, 2.24) is 9.97 Å². The monoisotopic (exact) mass is 244 g/mol. The van der Waals surface area contributed by atoms with Crippen molar-refractivity contribution in [3.8, 4) is 0 Å². The van der Waals surface area contributed by atoms with E-state index >= 15 is 0 Å². The summed E-state index contributed by atoms with van der Waals surface area (Å²) in [6.07, 6.45) is 0. The standard InChI is InChI=1S/C12H8N2O4/c1-5-13-9-3-8-10(4-7(9)11(15)17-5)14-6(2)18-12(8)16/h3-4H,1-2H3. The molecule has 0 aliphatic carbocycles. The Balaban J connectivity index is 2.59. The fourth-order valence-corrected chi connectivity index (χ4v) is 1.85. The number of hydrogen-bond donors (Lipinski definition) is 0. The molecule has 6 heteroatoms. The van der Waals surface area contributed by atoms with Gasteiger partial charge in [-0.3, -0.25) is 0 Å². The van der Waals surface area contributed by atoms with E-state index in [1.165, 1.54) is 12.1 Å². The van der Waals surface area contributed by atoms with Crippen molar-refractivity contribution < 1.29 is 8.83 Å². The molecule has 0 fully saturated rings. The zero-order valence-corrected chi connectivity index (χ0v) is 9.68. The molecule has 0 aliphatic heterocycles. The maximum Gasteiger partial charge on any atom is 0.346 e. The van der Waals surface area contributed by atoms with Gasteiger partial charge in [-0.25, -0.2) is 19.6 Å². The minimum atomic E-state index is -0.493. The number of rotatable bonds is 0. The van der Waals surface area contributed by atoms with E-state index in [1.807, 2.05) is 0 Å². The number of benzene rings is 1. The topological polar surface area (TPSA) is 86.2 Å². The molecule has 18 heavy (non-hydrogen) atoms. The molecule has 0 aliphatic rings. The molecule has 0 bridgehead atoms. The zero-order valence-electron chi connectivity index (χ0n) is 9.68. The maximum atomic E-state index is 11.7. The van der Waals surface area contributed by atoms with Gasteiger partial charge >= 0.3 is 11.3 Å². The summed E-state index contributed by atoms with van der Waals surface area (Å²) in [6.45, 7) is 3.14. The van der Waals surface area contributed by atoms with Gasteiger partial charge in [0.25, 0.3) is 0 Å². The van der Waals surface area contributed by atoms with Crippen LogP contribution in [0.5, 0.6) is 0 Å². The molecule has 0 N–H and O–H groups in total. The molecule has 90 valence electrons. The Labute approximate surface area is 99.9 Å². The molecule has 0 saturated carbocycles. The van der Waals surface area contributed by atoms with Crippen LogP contribution in [0, 0.1) is 13.8 Å². The molecule has 0 saturated heterocycles. The van der Waals surface area contributed by atoms with Gasteiger partial charge in [-0.1, -0.05) is 0 Å². The number of hydrogen-bond acceptors (Lipinski definition) is 6. The largest absolute Gasteiger partial charge is 0.408 e. The van der Waals surface area contributed by atoms with E-state index in [0.29, 0.717) is 21.8 Å². The quantitative estimate of drug-likeness (QED) is 0.554. The third-order valence-electron chi connectivity index (χ3n) is 2.59. The molecular formula is C12H8N2O4. The average molecular weight is 244 g/mol. The van der Waals surface area contributed by atoms with Crippen LogP contribution in [-0.4, -0.2) is 9.97 Å². The fourth-order valence-electron chi connectivity index (χ4n) is 1.85. The predicted octanol–water partition coefficient (Wildman–Crippen LogP) is 1.31. The summed E-state index contributed by atoms with van der Waals surface area (Å²) >= 11 is 0. The van der Waals surface area contributed by atoms with Crippen molar-refractivity contribution in [2.24, 2.45) is 0 Å². The highest BCUT2D eigenvalue weighted by molar-refractivity contribution is 5.93. The van der Waals surface area contributed by atoms with Gasteiger partial charge in [-0.05, 0) is 12.1 Å². The highest BCUT2D eigenvalue weighted by atomic mass is 16.4. The molecule has 6 nitrogen and oxygen atoms in total. The van der Waals surface area contributed by atoms with Gasteiger partial charge in [0, 0.05) is 13.8 Å². The lowest BCUT2D eigenvalue weighted by Crippen LogP contribution is -2.07. The van der Waals surface area contributed by atoms with E-state index in [4.69, 9.17) is 8.83 Å². The van der Waals surface area contributed by atoms with E-state index in [-0.39, 0.29) is 11.8 Å². The molecule has 0 atom stereocenters. The van der Waals surface area contributed by atoms with Crippen LogP contribution >= 0.6 is 0 Å². The van der Waals surface area contributed by atoms with Crippen molar-refractivity contribution in [3.63, 3.8) is 0 Å². The first kappa shape index (κ1) is 10.6. The SMILES string of the molecule is Cc1nc2cc3c(=O)oc(C)nc3cc2c(=O)o1. The molecule has 3 aromatic rings. The molecular weight excluding hydrogens is 236 g/mol. The normalized spacial score (nSPS) is 11.2. The van der Waals surface area contributed by atoms with Crippen LogP contribution in [0.1, 0.15) is 11.8 Å². The highest BCUT2D eigenvalue weighted by Gasteiger charge is 2.10. The number of aromatic nitrogens is 2. The smallest absolute Gasteiger partial charge is 0.346 e. The van der Waals surface area contributed by atoms with Gasteiger partial charge in [-0.2, -0.15) is 0 Å². The van der Waals surface area contributed by atoms with Crippen LogP contribution in [0.4, 0.5) is 0 Å². The predicted molar refractivity (Wildman–Crippen MR) is 63.6 cm³/mol. The lowest BCUT2D eigenvalue weighted by molar-refractivity contribution is 0.464. The third-order valence-corrected chi connectivity index (χ3v) is 2.59. The highest BCUT2D eigenvalue weighted by Crippen LogP contribution is 2.15. The summed E-state index contributed by atoms with van der Waals surface area (Å²) in [4.78, 5) is 31.5. The Morgan fingerprint density at radius 2 is 1.22 bits per heavy atom. The summed E-state index contributed by atoms with van der Waals surface area (Å²) in [7, 11) is 0. The lowest BCUT2D eigenvalue weighted by atomic mass is 10.2. The van der Waals surface area contributed by atoms with Gasteiger partial charge < -0.3 is 8.83 Å². The van der Waals surface area contributed by atoms with Crippen molar-refractivity contribution in [1.29, 1.82) is 0 Å². The Morgan fingerprint density at radius 3 is 1.61 bits per heavy atom. The summed E-state index contributed by atoms with van der Waals surface area (Å²) in [5, 5.41) is 0.594. The Kier molecular flexibility index (Phi) is 2.07. The van der Waals surface area contributed by atoms with E-state index in [2.05, 4.69) is 9.97 Å². The number of nitrogens with zero attached hydrogens (tertiary/aromatic N) is 2. The number of fused-ring (bicyclic) bond motifs is 2. The second kappa shape index (κ2) is 3.49. The first-order valence-electron chi connectivity index (χ1n) is 5.27. The van der Waals surface area contributed by atoms with Gasteiger partial charge in [-0.15, -0.1) is 0 Å². The first-order valence-corrected chi connectivity index (χ1v) is 5.27. The fraction of sp³-hybridized carbons (Fsp3) is 0.167. The van der Waals surface area contributed by atoms with Crippen LogP contribution in [-0.2, 0) is 0 Å². The Morgan fingerprint density at radius 1 is 0.833 bits per heavy atom. The van der Waals surface area contributed by atoms with Crippen LogP contribution in [0.3, 0.4) is 0 Å². The second-order valence-corrected chi connectivity index (χ2v) is 3.93. The van der Waals surface area contributed by atoms with Crippen molar-refractivity contribution in [2.75, 3.05) is 0 Å². The third kappa shape index (κ3) is 1.50. The van der Waals surface area contributed by atoms with Gasteiger partial charge in [0.15, 0.2) is 11.8 Å². The molecule has 2 heterocycles. The Bertz CT molecular complexity index is 817. The van der Waals surface area contributed by atoms with Crippen LogP contribution in [0.15, 0.2) is 30.6 Å². The average Bonchev–Trinajstić information content (AvgIpc) is 2.27. The minimum Gasteiger partial charge on any atom is -0.408 e. The lowest BCUT2D eigenvalue weighted by Gasteiger charge is -2.00. The van der Waals surface area contributed by atoms with Gasteiger partial charge in [0.1, 0.15) is 0 Å². The molecule has 1 aromatic carbocycles. The summed E-state index contributed by atoms with van der Waals surface area (Å²) in [5.74, 6) is 0.493. The minimum absolute atomic E-state index is 0.247. The zero-order chi connectivity index (χ0) is 12.9. The molecule has 0 radical (unpaired) electrons. The van der Waals surface area contributed by atoms with Gasteiger partial charge in [0.2, 0.25) is 0 Å². The van der Waals surface area contributed by atoms with Gasteiger partial charge in [0.05, 0.1) is 21.8 Å². The second-order valence-electron chi connectivity index (χ2n) is 3.93. The summed E-state index contributed by atoms with van der Waals surface area (Å²) in [6, 6.07) is 2.99. The van der Waals surface area contributed by atoms with E-state index in [1.54, 1.807) is 13.8 Å². The summed E-state index contributed by atoms with van der Waals surface area (Å²) in [5.41, 5.74) is -0.192. The Hall–Kier alpha value is -2.50. The van der Waals surface area contributed by atoms with E-state index < -0.39 is 11.3 Å².